The van der Waals surface area contributed by atoms with Gasteiger partial charge in [0.15, 0.2) is 0 Å². The quantitative estimate of drug-likeness (QED) is 0.758. The minimum Gasteiger partial charge on any atom is -0.566 e. The van der Waals surface area contributed by atoms with Crippen LogP contribution in [0.1, 0.15) is 13.8 Å². The van der Waals surface area contributed by atoms with Crippen molar-refractivity contribution in [3.05, 3.63) is 34.1 Å². The van der Waals surface area contributed by atoms with Gasteiger partial charge in [-0.25, -0.2) is 0 Å². The lowest BCUT2D eigenvalue weighted by atomic mass is 10.2. The monoisotopic (exact) mass is 313 g/mol. The van der Waals surface area contributed by atoms with Gasteiger partial charge in [0, 0.05) is 16.3 Å². The smallest absolute Gasteiger partial charge is 0.372 e. The Morgan fingerprint density at radius 3 is 2.79 bits per heavy atom. The lowest BCUT2D eigenvalue weighted by Crippen LogP contribution is -2.22. The molecule has 0 N–H and O–H groups in total. The normalized spacial score (nSPS) is 18.7. The van der Waals surface area contributed by atoms with Crippen molar-refractivity contribution in [2.24, 2.45) is 4.99 Å². The Hall–Kier alpha value is -0.820. The van der Waals surface area contributed by atoms with E-state index in [1.165, 1.54) is 0 Å². The van der Waals surface area contributed by atoms with E-state index in [4.69, 9.17) is 11.6 Å². The van der Waals surface area contributed by atoms with Crippen molar-refractivity contribution in [1.82, 2.24) is 8.94 Å². The molecule has 0 amide bonds. The molecule has 19 heavy (non-hydrogen) atoms. The highest BCUT2D eigenvalue weighted by molar-refractivity contribution is 8.00. The van der Waals surface area contributed by atoms with Gasteiger partial charge in [-0.1, -0.05) is 23.4 Å². The van der Waals surface area contributed by atoms with Crippen LogP contribution in [-0.2, 0) is 6.54 Å². The van der Waals surface area contributed by atoms with Crippen molar-refractivity contribution in [3.8, 4) is 0 Å². The van der Waals surface area contributed by atoms with Crippen LogP contribution in [0.15, 0.2) is 34.4 Å². The summed E-state index contributed by atoms with van der Waals surface area (Å²) in [5.74, 6) is 0. The van der Waals surface area contributed by atoms with E-state index in [9.17, 15) is 4.55 Å². The summed E-state index contributed by atoms with van der Waals surface area (Å²) in [6, 6.07) is 7.14. The Kier molecular flexibility index (Phi) is 3.21. The molecule has 1 aromatic carbocycles. The Morgan fingerprint density at radius 2 is 2.11 bits per heavy atom. The lowest BCUT2D eigenvalue weighted by Gasteiger charge is -2.12. The van der Waals surface area contributed by atoms with Crippen molar-refractivity contribution in [2.75, 3.05) is 0 Å². The van der Waals surface area contributed by atoms with Crippen LogP contribution in [0, 0.1) is 0 Å². The highest BCUT2D eigenvalue weighted by Crippen LogP contribution is 2.39. The van der Waals surface area contributed by atoms with E-state index < -0.39 is 10.9 Å². The molecule has 0 saturated heterocycles. The van der Waals surface area contributed by atoms with Gasteiger partial charge in [0.05, 0.1) is 5.69 Å². The maximum absolute atomic E-state index is 12.0. The fourth-order valence-electron chi connectivity index (χ4n) is 1.93. The van der Waals surface area contributed by atoms with E-state index in [-0.39, 0.29) is 4.75 Å². The highest BCUT2D eigenvalue weighted by atomic mass is 35.5. The molecule has 1 unspecified atom stereocenters. The molecule has 2 heterocycles. The van der Waals surface area contributed by atoms with Crippen molar-refractivity contribution < 1.29 is 4.55 Å². The van der Waals surface area contributed by atoms with Crippen LogP contribution in [-0.4, -0.2) is 18.2 Å². The zero-order chi connectivity index (χ0) is 13.6. The second-order valence-electron chi connectivity index (χ2n) is 4.94. The molecule has 1 aromatic heterocycles. The number of aromatic nitrogens is 2. The summed E-state index contributed by atoms with van der Waals surface area (Å²) in [6.07, 6.45) is 0. The minimum atomic E-state index is -1.40. The van der Waals surface area contributed by atoms with Gasteiger partial charge in [-0.3, -0.25) is 4.57 Å². The molecule has 4 nitrogen and oxygen atoms in total. The molecule has 1 atom stereocenters. The number of hydrogen-bond donors (Lipinski definition) is 0. The molecular weight excluding hydrogens is 302 g/mol. The first-order valence-electron chi connectivity index (χ1n) is 5.76. The number of fused-ring (bicyclic) bond motifs is 1. The number of nitrogens with zero attached hydrogens (tertiary/aromatic N) is 3. The molecule has 0 bridgehead atoms. The van der Waals surface area contributed by atoms with Gasteiger partial charge in [-0.15, -0.1) is 0 Å². The van der Waals surface area contributed by atoms with E-state index >= 15 is 0 Å². The zero-order valence-corrected chi connectivity index (χ0v) is 12.8. The van der Waals surface area contributed by atoms with Crippen molar-refractivity contribution in [1.29, 1.82) is 0 Å². The summed E-state index contributed by atoms with van der Waals surface area (Å²) in [5.41, 5.74) is 0.735. The maximum Gasteiger partial charge on any atom is 0.372 e. The van der Waals surface area contributed by atoms with Gasteiger partial charge in [0.25, 0.3) is 0 Å². The summed E-state index contributed by atoms with van der Waals surface area (Å²) in [5, 5.41) is 1.46. The first-order valence-corrected chi connectivity index (χ1v) is 8.06. The molecule has 0 fully saturated rings. The lowest BCUT2D eigenvalue weighted by molar-refractivity contribution is 0.551. The predicted octanol–water partition coefficient (Wildman–Crippen LogP) is 3.38. The van der Waals surface area contributed by atoms with E-state index in [0.29, 0.717) is 9.82 Å². The standard InChI is InChI=1S/C12H12ClN3OS2/c1-12(2)7-16-10(18-12)15-19(17)11(16)14-9-5-3-8(13)4-6-9/h3-6H,7H2,1-2H3/b14-11+. The summed E-state index contributed by atoms with van der Waals surface area (Å²) in [7, 11) is -1.40. The van der Waals surface area contributed by atoms with E-state index in [1.807, 2.05) is 4.57 Å². The Bertz CT molecular complexity index is 688. The summed E-state index contributed by atoms with van der Waals surface area (Å²) >= 11 is 7.48. The molecule has 100 valence electrons. The third kappa shape index (κ3) is 2.58. The van der Waals surface area contributed by atoms with Crippen LogP contribution < -0.4 is 4.80 Å². The molecule has 1 aliphatic rings. The largest absolute Gasteiger partial charge is 0.566 e. The van der Waals surface area contributed by atoms with Crippen LogP contribution in [0.25, 0.3) is 0 Å². The third-order valence-corrected chi connectivity index (χ3v) is 5.24. The molecular formula is C12H12ClN3OS2. The number of halogens is 1. The first-order chi connectivity index (χ1) is 8.94. The van der Waals surface area contributed by atoms with Crippen LogP contribution in [0.5, 0.6) is 0 Å². The number of hydrogen-bond acceptors (Lipinski definition) is 4. The molecule has 7 heteroatoms. The molecule has 0 aliphatic carbocycles. The second-order valence-corrected chi connectivity index (χ2v) is 8.10. The van der Waals surface area contributed by atoms with E-state index in [1.54, 1.807) is 36.0 Å². The van der Waals surface area contributed by atoms with Crippen LogP contribution in [0.3, 0.4) is 0 Å². The molecule has 3 rings (SSSR count). The van der Waals surface area contributed by atoms with Gasteiger partial charge >= 0.3 is 4.80 Å². The highest BCUT2D eigenvalue weighted by Gasteiger charge is 2.35. The van der Waals surface area contributed by atoms with E-state index in [2.05, 4.69) is 23.2 Å². The molecule has 2 aromatic rings. The first kappa shape index (κ1) is 13.2. The molecule has 1 aliphatic heterocycles. The molecule has 0 spiro atoms. The van der Waals surface area contributed by atoms with E-state index in [0.717, 1.165) is 17.4 Å². The van der Waals surface area contributed by atoms with Crippen molar-refractivity contribution in [3.63, 3.8) is 0 Å². The fourth-order valence-corrected chi connectivity index (χ4v) is 4.26. The average molecular weight is 314 g/mol. The van der Waals surface area contributed by atoms with Crippen LogP contribution in [0.4, 0.5) is 5.69 Å². The van der Waals surface area contributed by atoms with Gasteiger partial charge in [-0.05, 0) is 42.5 Å². The summed E-state index contributed by atoms with van der Waals surface area (Å²) in [6.45, 7) is 5.05. The molecule has 0 saturated carbocycles. The topological polar surface area (TPSA) is 53.2 Å². The predicted molar refractivity (Wildman–Crippen MR) is 77.5 cm³/mol. The fraction of sp³-hybridized carbons (Fsp3) is 0.333. The zero-order valence-electron chi connectivity index (χ0n) is 10.5. The number of thioether (sulfide) groups is 1. The Labute approximate surface area is 123 Å². The van der Waals surface area contributed by atoms with Gasteiger partial charge in [-0.2, -0.15) is 4.99 Å². The van der Waals surface area contributed by atoms with Crippen molar-refractivity contribution >= 4 is 40.0 Å². The summed E-state index contributed by atoms with van der Waals surface area (Å²) in [4.78, 5) is 4.95. The average Bonchev–Trinajstić information content (AvgIpc) is 2.75. The second kappa shape index (κ2) is 4.63. The Morgan fingerprint density at radius 1 is 1.42 bits per heavy atom. The summed E-state index contributed by atoms with van der Waals surface area (Å²) < 4.78 is 18.2. The van der Waals surface area contributed by atoms with Crippen LogP contribution in [0.2, 0.25) is 5.02 Å². The van der Waals surface area contributed by atoms with Gasteiger partial charge in [0.1, 0.15) is 10.9 Å². The minimum absolute atomic E-state index is 0.0736. The molecule has 0 radical (unpaired) electrons. The number of rotatable bonds is 1. The van der Waals surface area contributed by atoms with Crippen LogP contribution >= 0.6 is 34.3 Å². The maximum atomic E-state index is 12.0. The van der Waals surface area contributed by atoms with Gasteiger partial charge in [0.2, 0.25) is 5.16 Å². The third-order valence-electron chi connectivity index (χ3n) is 2.74. The van der Waals surface area contributed by atoms with Gasteiger partial charge < -0.3 is 4.55 Å². The Balaban J connectivity index is 2.09. The van der Waals surface area contributed by atoms with Crippen molar-refractivity contribution in [2.45, 2.75) is 30.3 Å². The SMILES string of the molecule is CC1(C)Cn2c(n[s+]([O-])/c2=N/c2ccc(Cl)cc2)S1. The number of benzene rings is 1.